The van der Waals surface area contributed by atoms with Crippen molar-refractivity contribution in [1.29, 1.82) is 0 Å². The third-order valence-electron chi connectivity index (χ3n) is 2.71. The number of allylic oxidation sites excluding steroid dienone is 2. The fourth-order valence-corrected chi connectivity index (χ4v) is 1.91. The number of hydrazine groups is 1. The molecule has 2 aliphatic rings. The van der Waals surface area contributed by atoms with E-state index in [-0.39, 0.29) is 12.8 Å². The number of hydrogen-bond acceptors (Lipinski definition) is 3. The predicted octanol–water partition coefficient (Wildman–Crippen LogP) is 0.844. The highest BCUT2D eigenvalue weighted by atomic mass is 16.3. The number of hydrogen-bond donors (Lipinski definition) is 0. The third kappa shape index (κ3) is 0.945. The van der Waals surface area contributed by atoms with Crippen molar-refractivity contribution >= 4 is 17.8 Å². The first-order chi connectivity index (χ1) is 7.10. The van der Waals surface area contributed by atoms with Gasteiger partial charge in [-0.15, -0.1) is 13.2 Å². The highest BCUT2D eigenvalue weighted by Gasteiger charge is 2.70. The molecule has 0 saturated carbocycles. The minimum atomic E-state index is -1.17. The van der Waals surface area contributed by atoms with Crippen LogP contribution in [-0.2, 0) is 9.59 Å². The summed E-state index contributed by atoms with van der Waals surface area (Å²) in [5.74, 6) is -0.922. The van der Waals surface area contributed by atoms with Crippen LogP contribution in [0.3, 0.4) is 0 Å². The van der Waals surface area contributed by atoms with E-state index in [0.717, 1.165) is 10.0 Å². The standard InChI is InChI=1S/C10H10N2O3/c1-3-5-10(6-4-2)7(13)11-9(15)12(11)8(10)14/h3-4H,1-2,5-6H2. The zero-order valence-electron chi connectivity index (χ0n) is 8.10. The molecular weight excluding hydrogens is 196 g/mol. The van der Waals surface area contributed by atoms with Crippen LogP contribution in [0.15, 0.2) is 25.3 Å². The van der Waals surface area contributed by atoms with E-state index >= 15 is 0 Å². The van der Waals surface area contributed by atoms with Gasteiger partial charge in [0.2, 0.25) is 0 Å². The maximum absolute atomic E-state index is 11.8. The molecule has 0 unspecified atom stereocenters. The van der Waals surface area contributed by atoms with E-state index in [1.54, 1.807) is 0 Å². The number of nitrogens with zero attached hydrogens (tertiary/aromatic N) is 2. The summed E-state index contributed by atoms with van der Waals surface area (Å²) < 4.78 is 0. The summed E-state index contributed by atoms with van der Waals surface area (Å²) in [6.07, 6.45) is 3.49. The molecule has 0 spiro atoms. The van der Waals surface area contributed by atoms with E-state index in [2.05, 4.69) is 13.2 Å². The lowest BCUT2D eigenvalue weighted by Crippen LogP contribution is -2.39. The Morgan fingerprint density at radius 3 is 1.73 bits per heavy atom. The maximum atomic E-state index is 11.8. The molecule has 2 heterocycles. The quantitative estimate of drug-likeness (QED) is 0.389. The van der Waals surface area contributed by atoms with Gasteiger partial charge < -0.3 is 0 Å². The van der Waals surface area contributed by atoms with Crippen LogP contribution in [-0.4, -0.2) is 27.9 Å². The van der Waals surface area contributed by atoms with Crippen LogP contribution in [0.5, 0.6) is 0 Å². The van der Waals surface area contributed by atoms with Crippen molar-refractivity contribution in [2.45, 2.75) is 12.8 Å². The van der Waals surface area contributed by atoms with Gasteiger partial charge in [-0.2, -0.15) is 10.0 Å². The molecule has 0 radical (unpaired) electrons. The Kier molecular flexibility index (Phi) is 1.79. The fourth-order valence-electron chi connectivity index (χ4n) is 1.91. The van der Waals surface area contributed by atoms with Crippen LogP contribution in [0.25, 0.3) is 0 Å². The Hall–Kier alpha value is -1.91. The van der Waals surface area contributed by atoms with Gasteiger partial charge in [0.15, 0.2) is 0 Å². The second kappa shape index (κ2) is 2.79. The summed E-state index contributed by atoms with van der Waals surface area (Å²) >= 11 is 0. The third-order valence-corrected chi connectivity index (χ3v) is 2.71. The highest BCUT2D eigenvalue weighted by Crippen LogP contribution is 2.45. The van der Waals surface area contributed by atoms with E-state index in [1.165, 1.54) is 12.2 Å². The Morgan fingerprint density at radius 1 is 1.00 bits per heavy atom. The molecule has 0 aromatic heterocycles. The predicted molar refractivity (Wildman–Crippen MR) is 51.1 cm³/mol. The largest absolute Gasteiger partial charge is 0.373 e. The summed E-state index contributed by atoms with van der Waals surface area (Å²) in [4.78, 5) is 34.6. The first kappa shape index (κ1) is 9.64. The molecule has 0 aromatic carbocycles. The number of barbiturate groups is 1. The first-order valence-electron chi connectivity index (χ1n) is 4.55. The molecule has 0 atom stereocenters. The Morgan fingerprint density at radius 2 is 1.40 bits per heavy atom. The topological polar surface area (TPSA) is 57.2 Å². The van der Waals surface area contributed by atoms with Crippen molar-refractivity contribution in [2.24, 2.45) is 5.41 Å². The SMILES string of the molecule is C=CCC1(CC=C)C(=O)N2C(=O)N2C1=O. The molecule has 2 aliphatic heterocycles. The van der Waals surface area contributed by atoms with E-state index in [4.69, 9.17) is 0 Å². The number of carbonyl (C=O) groups excluding carboxylic acids is 3. The van der Waals surface area contributed by atoms with Gasteiger partial charge in [0.1, 0.15) is 5.41 Å². The number of urea groups is 1. The molecule has 5 nitrogen and oxygen atoms in total. The maximum Gasteiger partial charge on any atom is 0.373 e. The van der Waals surface area contributed by atoms with Gasteiger partial charge in [-0.1, -0.05) is 12.2 Å². The van der Waals surface area contributed by atoms with E-state index < -0.39 is 23.3 Å². The van der Waals surface area contributed by atoms with Crippen LogP contribution in [0.4, 0.5) is 4.79 Å². The molecule has 2 saturated heterocycles. The van der Waals surface area contributed by atoms with Crippen molar-refractivity contribution in [3.63, 3.8) is 0 Å². The normalized spacial score (nSPS) is 21.7. The number of imide groups is 2. The zero-order chi connectivity index (χ0) is 11.2. The second-order valence-corrected chi connectivity index (χ2v) is 3.58. The van der Waals surface area contributed by atoms with Gasteiger partial charge in [-0.25, -0.2) is 4.79 Å². The summed E-state index contributed by atoms with van der Waals surface area (Å²) in [5.41, 5.74) is -1.17. The minimum absolute atomic E-state index is 0.233. The van der Waals surface area contributed by atoms with Gasteiger partial charge >= 0.3 is 6.03 Å². The number of rotatable bonds is 4. The van der Waals surface area contributed by atoms with E-state index in [1.807, 2.05) is 0 Å². The summed E-state index contributed by atoms with van der Waals surface area (Å²) in [7, 11) is 0. The van der Waals surface area contributed by atoms with Crippen molar-refractivity contribution in [1.82, 2.24) is 10.0 Å². The smallest absolute Gasteiger partial charge is 0.271 e. The Balaban J connectivity index is 2.38. The van der Waals surface area contributed by atoms with Gasteiger partial charge in [0.05, 0.1) is 0 Å². The molecule has 78 valence electrons. The number of carbonyl (C=O) groups is 3. The van der Waals surface area contributed by atoms with E-state index in [0.29, 0.717) is 0 Å². The molecule has 0 aromatic rings. The molecular formula is C10H10N2O3. The fraction of sp³-hybridized carbons (Fsp3) is 0.300. The minimum Gasteiger partial charge on any atom is -0.271 e. The zero-order valence-corrected chi connectivity index (χ0v) is 8.10. The van der Waals surface area contributed by atoms with Crippen LogP contribution in [0.2, 0.25) is 0 Å². The molecule has 5 heteroatoms. The molecule has 0 N–H and O–H groups in total. The molecule has 0 bridgehead atoms. The first-order valence-corrected chi connectivity index (χ1v) is 4.55. The van der Waals surface area contributed by atoms with Crippen molar-refractivity contribution in [3.05, 3.63) is 25.3 Å². The summed E-state index contributed by atoms with van der Waals surface area (Å²) in [6, 6.07) is -0.534. The van der Waals surface area contributed by atoms with Gasteiger partial charge in [0, 0.05) is 0 Å². The molecule has 4 amide bonds. The van der Waals surface area contributed by atoms with Gasteiger partial charge in [-0.05, 0) is 12.8 Å². The van der Waals surface area contributed by atoms with Crippen LogP contribution in [0.1, 0.15) is 12.8 Å². The van der Waals surface area contributed by atoms with Crippen molar-refractivity contribution in [2.75, 3.05) is 0 Å². The van der Waals surface area contributed by atoms with Crippen LogP contribution < -0.4 is 0 Å². The Labute approximate surface area is 86.6 Å². The lowest BCUT2D eigenvalue weighted by atomic mass is 9.80. The van der Waals surface area contributed by atoms with Crippen molar-refractivity contribution in [3.8, 4) is 0 Å². The lowest BCUT2D eigenvalue weighted by Gasteiger charge is -2.20. The monoisotopic (exact) mass is 206 g/mol. The average Bonchev–Trinajstić information content (AvgIpc) is 2.80. The molecule has 15 heavy (non-hydrogen) atoms. The molecule has 2 fully saturated rings. The highest BCUT2D eigenvalue weighted by molar-refractivity contribution is 6.28. The summed E-state index contributed by atoms with van der Waals surface area (Å²) in [5, 5.41) is 1.74. The molecule has 0 aliphatic carbocycles. The van der Waals surface area contributed by atoms with Gasteiger partial charge in [-0.3, -0.25) is 9.59 Å². The summed E-state index contributed by atoms with van der Waals surface area (Å²) in [6.45, 7) is 7.04. The Bertz CT molecular complexity index is 363. The van der Waals surface area contributed by atoms with Crippen molar-refractivity contribution < 1.29 is 14.4 Å². The van der Waals surface area contributed by atoms with Crippen LogP contribution in [0, 0.1) is 5.41 Å². The number of amides is 4. The lowest BCUT2D eigenvalue weighted by molar-refractivity contribution is -0.138. The second-order valence-electron chi connectivity index (χ2n) is 3.58. The van der Waals surface area contributed by atoms with E-state index in [9.17, 15) is 14.4 Å². The average molecular weight is 206 g/mol. The molecule has 2 rings (SSSR count). The van der Waals surface area contributed by atoms with Gasteiger partial charge in [0.25, 0.3) is 11.8 Å². The van der Waals surface area contributed by atoms with Crippen LogP contribution >= 0.6 is 0 Å². The number of fused-ring (bicyclic) bond motifs is 1.